The second-order valence-electron chi connectivity index (χ2n) is 4.08. The molecular weight excluding hydrogens is 250 g/mol. The number of nitrogens with zero attached hydrogens (tertiary/aromatic N) is 2. The highest BCUT2D eigenvalue weighted by Crippen LogP contribution is 2.24. The lowest BCUT2D eigenvalue weighted by Gasteiger charge is -2.15. The zero-order valence-corrected chi connectivity index (χ0v) is 11.2. The molecule has 1 aromatic heterocycles. The number of benzene rings is 1. The molecule has 0 saturated heterocycles. The molecule has 2 rings (SSSR count). The Bertz CT molecular complexity index is 484. The molecule has 4 nitrogen and oxygen atoms in total. The predicted octanol–water partition coefficient (Wildman–Crippen LogP) is 3.93. The molecule has 0 radical (unpaired) electrons. The van der Waals surface area contributed by atoms with Crippen molar-refractivity contribution in [1.82, 2.24) is 10.2 Å². The van der Waals surface area contributed by atoms with E-state index in [4.69, 9.17) is 16.0 Å². The van der Waals surface area contributed by atoms with Crippen LogP contribution in [0.5, 0.6) is 0 Å². The maximum absolute atomic E-state index is 5.88. The fraction of sp³-hybridized carbons (Fsp3) is 0.385. The van der Waals surface area contributed by atoms with Gasteiger partial charge in [-0.1, -0.05) is 42.4 Å². The smallest absolute Gasteiger partial charge is 0.316 e. The molecule has 96 valence electrons. The van der Waals surface area contributed by atoms with Crippen molar-refractivity contribution >= 4 is 17.6 Å². The molecule has 5 heteroatoms. The first-order chi connectivity index (χ1) is 8.70. The lowest BCUT2D eigenvalue weighted by atomic mass is 10.1. The largest absolute Gasteiger partial charge is 0.406 e. The van der Waals surface area contributed by atoms with Crippen LogP contribution in [-0.4, -0.2) is 10.2 Å². The third kappa shape index (κ3) is 3.01. The number of aromatic nitrogens is 2. The molecule has 0 bridgehead atoms. The maximum atomic E-state index is 5.88. The molecule has 2 atom stereocenters. The number of halogens is 1. The fourth-order valence-electron chi connectivity index (χ4n) is 1.71. The van der Waals surface area contributed by atoms with Crippen molar-refractivity contribution in [2.45, 2.75) is 31.7 Å². The van der Waals surface area contributed by atoms with Crippen molar-refractivity contribution in [2.24, 2.45) is 0 Å². The lowest BCUT2D eigenvalue weighted by molar-refractivity contribution is 0.498. The minimum atomic E-state index is -0.273. The molecule has 0 saturated carbocycles. The zero-order chi connectivity index (χ0) is 13.0. The van der Waals surface area contributed by atoms with Crippen LogP contribution in [0.2, 0.25) is 0 Å². The number of rotatable bonds is 5. The summed E-state index contributed by atoms with van der Waals surface area (Å²) in [7, 11) is 0. The molecule has 2 unspecified atom stereocenters. The van der Waals surface area contributed by atoms with Crippen LogP contribution in [0, 0.1) is 0 Å². The molecule has 0 spiro atoms. The molecular formula is C13H16ClN3O. The summed E-state index contributed by atoms with van der Waals surface area (Å²) < 4.78 is 5.43. The van der Waals surface area contributed by atoms with Crippen molar-refractivity contribution in [3.05, 3.63) is 41.8 Å². The van der Waals surface area contributed by atoms with Gasteiger partial charge in [-0.05, 0) is 18.9 Å². The topological polar surface area (TPSA) is 51.0 Å². The van der Waals surface area contributed by atoms with Crippen LogP contribution in [0.25, 0.3) is 0 Å². The minimum Gasteiger partial charge on any atom is -0.406 e. The van der Waals surface area contributed by atoms with Crippen molar-refractivity contribution in [2.75, 3.05) is 5.32 Å². The highest BCUT2D eigenvalue weighted by Gasteiger charge is 2.15. The Morgan fingerprint density at radius 2 is 2.00 bits per heavy atom. The van der Waals surface area contributed by atoms with Crippen LogP contribution in [0.1, 0.15) is 43.1 Å². The average Bonchev–Trinajstić information content (AvgIpc) is 2.86. The van der Waals surface area contributed by atoms with E-state index in [0.29, 0.717) is 11.9 Å². The van der Waals surface area contributed by atoms with Gasteiger partial charge >= 0.3 is 6.01 Å². The SMILES string of the molecule is CCC(Nc1nnc(C(C)Cl)o1)c1ccccc1. The van der Waals surface area contributed by atoms with Gasteiger partial charge in [-0.3, -0.25) is 0 Å². The van der Waals surface area contributed by atoms with Gasteiger partial charge in [-0.25, -0.2) is 0 Å². The molecule has 1 heterocycles. The lowest BCUT2D eigenvalue weighted by Crippen LogP contribution is -2.09. The van der Waals surface area contributed by atoms with Gasteiger partial charge in [0.2, 0.25) is 5.89 Å². The van der Waals surface area contributed by atoms with E-state index in [2.05, 4.69) is 34.6 Å². The minimum absolute atomic E-state index is 0.158. The Balaban J connectivity index is 2.10. The quantitative estimate of drug-likeness (QED) is 0.832. The van der Waals surface area contributed by atoms with Crippen LogP contribution in [0.3, 0.4) is 0 Å². The number of anilines is 1. The van der Waals surface area contributed by atoms with Gasteiger partial charge in [0.05, 0.1) is 6.04 Å². The summed E-state index contributed by atoms with van der Waals surface area (Å²) in [5.41, 5.74) is 1.19. The third-order valence-corrected chi connectivity index (χ3v) is 2.88. The molecule has 0 amide bonds. The van der Waals surface area contributed by atoms with Crippen molar-refractivity contribution in [3.8, 4) is 0 Å². The Labute approximate surface area is 111 Å². The Hall–Kier alpha value is -1.55. The van der Waals surface area contributed by atoms with Crippen LogP contribution < -0.4 is 5.32 Å². The van der Waals surface area contributed by atoms with Gasteiger partial charge in [-0.15, -0.1) is 16.7 Å². The zero-order valence-electron chi connectivity index (χ0n) is 10.4. The van der Waals surface area contributed by atoms with E-state index in [-0.39, 0.29) is 11.4 Å². The second kappa shape index (κ2) is 5.87. The standard InChI is InChI=1S/C13H16ClN3O/c1-3-11(10-7-5-4-6-8-10)15-13-17-16-12(18-13)9(2)14/h4-9,11H,3H2,1-2H3,(H,15,17). The molecule has 0 aliphatic carbocycles. The predicted molar refractivity (Wildman–Crippen MR) is 71.7 cm³/mol. The van der Waals surface area contributed by atoms with Gasteiger partial charge < -0.3 is 9.73 Å². The monoisotopic (exact) mass is 265 g/mol. The first-order valence-corrected chi connectivity index (χ1v) is 6.43. The first-order valence-electron chi connectivity index (χ1n) is 5.99. The van der Waals surface area contributed by atoms with Crippen molar-refractivity contribution in [1.29, 1.82) is 0 Å². The molecule has 0 aliphatic rings. The summed E-state index contributed by atoms with van der Waals surface area (Å²) in [6, 6.07) is 10.7. The van der Waals surface area contributed by atoms with Crippen LogP contribution in [0.4, 0.5) is 6.01 Å². The van der Waals surface area contributed by atoms with E-state index in [1.807, 2.05) is 18.2 Å². The third-order valence-electron chi connectivity index (χ3n) is 2.69. The van der Waals surface area contributed by atoms with E-state index < -0.39 is 0 Å². The highest BCUT2D eigenvalue weighted by molar-refractivity contribution is 6.20. The molecule has 0 fully saturated rings. The highest BCUT2D eigenvalue weighted by atomic mass is 35.5. The van der Waals surface area contributed by atoms with Crippen LogP contribution >= 0.6 is 11.6 Å². The normalized spacial score (nSPS) is 14.2. The summed E-state index contributed by atoms with van der Waals surface area (Å²) in [5.74, 6) is 0.432. The summed E-state index contributed by atoms with van der Waals surface area (Å²) in [6.45, 7) is 3.90. The van der Waals surface area contributed by atoms with Gasteiger partial charge in [0.15, 0.2) is 0 Å². The van der Waals surface area contributed by atoms with E-state index in [0.717, 1.165) is 6.42 Å². The van der Waals surface area contributed by atoms with Crippen molar-refractivity contribution < 1.29 is 4.42 Å². The number of hydrogen-bond donors (Lipinski definition) is 1. The summed E-state index contributed by atoms with van der Waals surface area (Å²) in [6.07, 6.45) is 0.929. The molecule has 18 heavy (non-hydrogen) atoms. The number of nitrogens with one attached hydrogen (secondary N) is 1. The first kappa shape index (κ1) is 12.9. The molecule has 1 aromatic carbocycles. The number of hydrogen-bond acceptors (Lipinski definition) is 4. The van der Waals surface area contributed by atoms with Crippen LogP contribution in [0.15, 0.2) is 34.7 Å². The van der Waals surface area contributed by atoms with Gasteiger partial charge in [0.25, 0.3) is 0 Å². The average molecular weight is 266 g/mol. The number of alkyl halides is 1. The van der Waals surface area contributed by atoms with Crippen molar-refractivity contribution in [3.63, 3.8) is 0 Å². The Morgan fingerprint density at radius 1 is 1.28 bits per heavy atom. The fourth-order valence-corrected chi connectivity index (χ4v) is 1.80. The Morgan fingerprint density at radius 3 is 2.56 bits per heavy atom. The molecule has 1 N–H and O–H groups in total. The maximum Gasteiger partial charge on any atom is 0.316 e. The van der Waals surface area contributed by atoms with Gasteiger partial charge in [0, 0.05) is 0 Å². The molecule has 0 aliphatic heterocycles. The summed E-state index contributed by atoms with van der Waals surface area (Å²) >= 11 is 5.88. The summed E-state index contributed by atoms with van der Waals surface area (Å²) in [4.78, 5) is 0. The second-order valence-corrected chi connectivity index (χ2v) is 4.73. The summed E-state index contributed by atoms with van der Waals surface area (Å²) in [5, 5.41) is 10.8. The van der Waals surface area contributed by atoms with E-state index >= 15 is 0 Å². The Kier molecular flexibility index (Phi) is 4.20. The van der Waals surface area contributed by atoms with E-state index in [9.17, 15) is 0 Å². The van der Waals surface area contributed by atoms with Crippen LogP contribution in [-0.2, 0) is 0 Å². The van der Waals surface area contributed by atoms with Gasteiger partial charge in [0.1, 0.15) is 5.38 Å². The molecule has 2 aromatic rings. The van der Waals surface area contributed by atoms with E-state index in [1.165, 1.54) is 5.56 Å². The van der Waals surface area contributed by atoms with Gasteiger partial charge in [-0.2, -0.15) is 0 Å². The van der Waals surface area contributed by atoms with E-state index in [1.54, 1.807) is 6.92 Å².